The van der Waals surface area contributed by atoms with Crippen LogP contribution in [0, 0.1) is 5.92 Å². The van der Waals surface area contributed by atoms with E-state index in [-0.39, 0.29) is 23.8 Å². The van der Waals surface area contributed by atoms with Gasteiger partial charge in [-0.15, -0.1) is 0 Å². The Labute approximate surface area is 219 Å². The van der Waals surface area contributed by atoms with Gasteiger partial charge in [-0.2, -0.15) is 4.98 Å². The lowest BCUT2D eigenvalue weighted by Gasteiger charge is -2.32. The van der Waals surface area contributed by atoms with Crippen LogP contribution in [0.5, 0.6) is 0 Å². The van der Waals surface area contributed by atoms with Crippen LogP contribution in [0.15, 0.2) is 34.9 Å². The molecule has 0 unspecified atom stereocenters. The highest BCUT2D eigenvalue weighted by Gasteiger charge is 2.33. The van der Waals surface area contributed by atoms with E-state index in [4.69, 9.17) is 0 Å². The maximum Gasteiger partial charge on any atom is 0.253 e. The summed E-state index contributed by atoms with van der Waals surface area (Å²) < 4.78 is 0.702. The van der Waals surface area contributed by atoms with Crippen LogP contribution in [0.25, 0.3) is 0 Å². The molecule has 1 aromatic carbocycles. The summed E-state index contributed by atoms with van der Waals surface area (Å²) in [6, 6.07) is 7.26. The topological polar surface area (TPSA) is 120 Å². The summed E-state index contributed by atoms with van der Waals surface area (Å²) in [5, 5.41) is 9.43. The summed E-state index contributed by atoms with van der Waals surface area (Å²) in [4.78, 5) is 48.9. The second-order valence-electron chi connectivity index (χ2n) is 9.22. The Hall–Kier alpha value is -3.05. The van der Waals surface area contributed by atoms with Crippen molar-refractivity contribution in [3.05, 3.63) is 40.5 Å². The molecule has 11 heteroatoms. The van der Waals surface area contributed by atoms with E-state index in [1.165, 1.54) is 0 Å². The first-order valence-electron chi connectivity index (χ1n) is 12.3. The summed E-state index contributed by atoms with van der Waals surface area (Å²) in [6.45, 7) is 3.60. The predicted molar refractivity (Wildman–Crippen MR) is 141 cm³/mol. The fourth-order valence-electron chi connectivity index (χ4n) is 4.55. The van der Waals surface area contributed by atoms with Gasteiger partial charge in [-0.3, -0.25) is 9.59 Å². The molecule has 0 bridgehead atoms. The minimum absolute atomic E-state index is 0.0402. The van der Waals surface area contributed by atoms with Crippen molar-refractivity contribution in [2.24, 2.45) is 5.92 Å². The number of benzene rings is 1. The number of hydrogen-bond acceptors (Lipinski definition) is 8. The number of rotatable bonds is 9. The maximum atomic E-state index is 12.8. The molecule has 2 fully saturated rings. The molecule has 2 atom stereocenters. The zero-order valence-electron chi connectivity index (χ0n) is 20.4. The van der Waals surface area contributed by atoms with Crippen LogP contribution in [-0.4, -0.2) is 83.7 Å². The second-order valence-corrected chi connectivity index (χ2v) is 10.1. The molecule has 192 valence electrons. The molecule has 36 heavy (non-hydrogen) atoms. The van der Waals surface area contributed by atoms with Crippen LogP contribution >= 0.6 is 15.9 Å². The largest absolute Gasteiger partial charge is 0.365 e. The average molecular weight is 558 g/mol. The summed E-state index contributed by atoms with van der Waals surface area (Å²) in [7, 11) is 2.06. The van der Waals surface area contributed by atoms with Gasteiger partial charge in [-0.05, 0) is 60.1 Å². The molecule has 1 aromatic heterocycles. The highest BCUT2D eigenvalue weighted by atomic mass is 79.9. The van der Waals surface area contributed by atoms with Gasteiger partial charge in [0.25, 0.3) is 5.91 Å². The van der Waals surface area contributed by atoms with E-state index in [1.807, 2.05) is 29.2 Å². The van der Waals surface area contributed by atoms with E-state index >= 15 is 0 Å². The first kappa shape index (κ1) is 26.0. The Kier molecular flexibility index (Phi) is 8.87. The van der Waals surface area contributed by atoms with E-state index in [1.54, 1.807) is 6.20 Å². The van der Waals surface area contributed by atoms with Crippen LogP contribution < -0.4 is 16.0 Å². The number of hydrogen-bond donors (Lipinski definition) is 3. The summed E-state index contributed by atoms with van der Waals surface area (Å²) in [5.41, 5.74) is 1.43. The van der Waals surface area contributed by atoms with Gasteiger partial charge in [0.1, 0.15) is 12.1 Å². The molecule has 2 heterocycles. The third-order valence-corrected chi connectivity index (χ3v) is 7.24. The first-order chi connectivity index (χ1) is 17.4. The molecular formula is C25H32BrN7O3. The number of piperazine rings is 1. The van der Waals surface area contributed by atoms with E-state index in [9.17, 15) is 14.4 Å². The molecule has 1 aliphatic carbocycles. The fourth-order valence-corrected chi connectivity index (χ4v) is 4.86. The summed E-state index contributed by atoms with van der Waals surface area (Å²) in [5.74, 6) is 0.833. The lowest BCUT2D eigenvalue weighted by atomic mass is 10.0. The first-order valence-corrected chi connectivity index (χ1v) is 13.1. The predicted octanol–water partition coefficient (Wildman–Crippen LogP) is 2.66. The number of carbonyl (C=O) groups is 3. The Morgan fingerprint density at radius 3 is 2.61 bits per heavy atom. The number of nitrogens with zero attached hydrogens (tertiary/aromatic N) is 4. The third kappa shape index (κ3) is 6.58. The average Bonchev–Trinajstić information content (AvgIpc) is 3.35. The molecule has 3 N–H and O–H groups in total. The van der Waals surface area contributed by atoms with Gasteiger partial charge in [0.2, 0.25) is 11.9 Å². The van der Waals surface area contributed by atoms with Crippen molar-refractivity contribution in [3.8, 4) is 0 Å². The van der Waals surface area contributed by atoms with E-state index < -0.39 is 0 Å². The van der Waals surface area contributed by atoms with Gasteiger partial charge < -0.3 is 30.5 Å². The molecule has 1 saturated carbocycles. The van der Waals surface area contributed by atoms with E-state index in [0.29, 0.717) is 34.8 Å². The smallest absolute Gasteiger partial charge is 0.253 e. The molecule has 4 rings (SSSR count). The Bertz CT molecular complexity index is 1070. The molecule has 2 amide bonds. The fraction of sp³-hybridized carbons (Fsp3) is 0.480. The van der Waals surface area contributed by atoms with Crippen molar-refractivity contribution in [2.75, 3.05) is 50.4 Å². The monoisotopic (exact) mass is 557 g/mol. The number of aldehydes is 1. The van der Waals surface area contributed by atoms with Gasteiger partial charge in [0.15, 0.2) is 0 Å². The van der Waals surface area contributed by atoms with Crippen molar-refractivity contribution in [1.82, 2.24) is 25.1 Å². The Morgan fingerprint density at radius 1 is 1.14 bits per heavy atom. The summed E-state index contributed by atoms with van der Waals surface area (Å²) >= 11 is 3.50. The third-order valence-electron chi connectivity index (χ3n) is 6.66. The number of aromatic nitrogens is 2. The lowest BCUT2D eigenvalue weighted by Crippen LogP contribution is -2.47. The molecular weight excluding hydrogens is 526 g/mol. The normalized spacial score (nSPS) is 20.1. The van der Waals surface area contributed by atoms with Gasteiger partial charge in [0, 0.05) is 62.6 Å². The number of carbonyl (C=O) groups excluding carboxylic acids is 3. The Balaban J connectivity index is 1.38. The second kappa shape index (κ2) is 12.3. The standard InChI is InChI=1S/C25H32BrN7O3/c1-32-11-13-33(14-12-32)24(36)17-6-8-18(9-7-17)29-25-28-16-20(26)22(31-25)30-21-5-2-4-19(21)23(35)27-10-3-15-34/h6-9,15-16,19,21H,2-5,10-14H2,1H3,(H,27,35)(H2,28,29,30,31)/t19-,21+/m0/s1. The van der Waals surface area contributed by atoms with Crippen molar-refractivity contribution >= 4 is 51.5 Å². The highest BCUT2D eigenvalue weighted by Crippen LogP contribution is 2.31. The van der Waals surface area contributed by atoms with Gasteiger partial charge in [-0.25, -0.2) is 4.98 Å². The zero-order chi connectivity index (χ0) is 25.5. The molecule has 10 nitrogen and oxygen atoms in total. The minimum atomic E-state index is -0.180. The molecule has 1 aliphatic heterocycles. The lowest BCUT2D eigenvalue weighted by molar-refractivity contribution is -0.125. The quantitative estimate of drug-likeness (QED) is 0.318. The number of amides is 2. The SMILES string of the molecule is CN1CCN(C(=O)c2ccc(Nc3ncc(Br)c(N[C@@H]4CCC[C@@H]4C(=O)NCCC=O)n3)cc2)CC1. The van der Waals surface area contributed by atoms with Gasteiger partial charge >= 0.3 is 0 Å². The molecule has 0 spiro atoms. The number of nitrogens with one attached hydrogen (secondary N) is 3. The van der Waals surface area contributed by atoms with Crippen LogP contribution in [-0.2, 0) is 9.59 Å². The molecule has 2 aromatic rings. The van der Waals surface area contributed by atoms with Crippen LogP contribution in [0.2, 0.25) is 0 Å². The van der Waals surface area contributed by atoms with Crippen molar-refractivity contribution in [1.29, 1.82) is 0 Å². The van der Waals surface area contributed by atoms with Gasteiger partial charge in [-0.1, -0.05) is 6.42 Å². The molecule has 1 saturated heterocycles. The van der Waals surface area contributed by atoms with Crippen molar-refractivity contribution in [2.45, 2.75) is 31.7 Å². The van der Waals surface area contributed by atoms with Crippen LogP contribution in [0.1, 0.15) is 36.0 Å². The minimum Gasteiger partial charge on any atom is -0.365 e. The van der Waals surface area contributed by atoms with E-state index in [2.05, 4.69) is 53.8 Å². The van der Waals surface area contributed by atoms with Crippen LogP contribution in [0.4, 0.5) is 17.5 Å². The van der Waals surface area contributed by atoms with Crippen molar-refractivity contribution < 1.29 is 14.4 Å². The number of halogens is 1. The van der Waals surface area contributed by atoms with Crippen molar-refractivity contribution in [3.63, 3.8) is 0 Å². The highest BCUT2D eigenvalue weighted by molar-refractivity contribution is 9.10. The summed E-state index contributed by atoms with van der Waals surface area (Å²) in [6.07, 6.45) is 5.36. The van der Waals surface area contributed by atoms with E-state index in [0.717, 1.165) is 57.4 Å². The van der Waals surface area contributed by atoms with Gasteiger partial charge in [0.05, 0.1) is 10.4 Å². The Morgan fingerprint density at radius 2 is 1.89 bits per heavy atom. The molecule has 2 aliphatic rings. The van der Waals surface area contributed by atoms with Crippen LogP contribution in [0.3, 0.4) is 0 Å². The number of anilines is 3. The number of likely N-dealkylation sites (N-methyl/N-ethyl adjacent to an activating group) is 1. The molecule has 0 radical (unpaired) electrons. The zero-order valence-corrected chi connectivity index (χ0v) is 22.0. The maximum absolute atomic E-state index is 12.8.